The molecular formula is C33H46N2O5. The van der Waals surface area contributed by atoms with Crippen LogP contribution >= 0.6 is 0 Å². The summed E-state index contributed by atoms with van der Waals surface area (Å²) in [7, 11) is 0. The number of carbonyl (C=O) groups is 1. The molecule has 11 unspecified atom stereocenters. The molecule has 0 spiro atoms. The number of hydrogen-bond donors (Lipinski definition) is 3. The van der Waals surface area contributed by atoms with Gasteiger partial charge in [-0.05, 0) is 97.0 Å². The number of esters is 1. The Morgan fingerprint density at radius 2 is 1.93 bits per heavy atom. The molecule has 0 amide bonds. The van der Waals surface area contributed by atoms with Crippen molar-refractivity contribution >= 4 is 17.0 Å². The van der Waals surface area contributed by atoms with Gasteiger partial charge in [0.05, 0.1) is 42.2 Å². The maximum atomic E-state index is 12.7. The standard InChI is InChI=1S/C33H46N2O5/c1-20(8-11-30(39)40-15-14-35-19-34-26-6-4-5-7-27(26)35)23-9-10-24-31-25(18-29(38)33(23,24)3)32(2)13-12-22(36)16-21(32)17-28(31)37/h4-7,12-13,19-25,28-29,31,36-38H,8-11,14-18H2,1-3H3. The lowest BCUT2D eigenvalue weighted by molar-refractivity contribution is -0.188. The number of para-hydroxylation sites is 2. The van der Waals surface area contributed by atoms with Crippen molar-refractivity contribution in [2.45, 2.75) is 90.6 Å². The number of aromatic nitrogens is 2. The third kappa shape index (κ3) is 4.53. The van der Waals surface area contributed by atoms with Crippen LogP contribution in [0.4, 0.5) is 0 Å². The lowest BCUT2D eigenvalue weighted by atomic mass is 9.44. The molecule has 1 aromatic carbocycles. The van der Waals surface area contributed by atoms with Crippen LogP contribution in [0, 0.1) is 46.3 Å². The molecule has 6 rings (SSSR count). The fourth-order valence-corrected chi connectivity index (χ4v) is 9.76. The van der Waals surface area contributed by atoms with Gasteiger partial charge in [-0.1, -0.05) is 45.1 Å². The molecule has 0 saturated heterocycles. The summed E-state index contributed by atoms with van der Waals surface area (Å²) in [6.07, 6.45) is 9.91. The van der Waals surface area contributed by atoms with Gasteiger partial charge >= 0.3 is 5.97 Å². The average Bonchev–Trinajstić information content (AvgIpc) is 3.51. The molecule has 1 aromatic heterocycles. The molecule has 4 aliphatic rings. The number of allylic oxidation sites excluding steroid dienone is 1. The topological polar surface area (TPSA) is 105 Å². The lowest BCUT2D eigenvalue weighted by Crippen LogP contribution is -2.61. The zero-order valence-electron chi connectivity index (χ0n) is 24.2. The molecule has 0 radical (unpaired) electrons. The Hall–Kier alpha value is -2.22. The van der Waals surface area contributed by atoms with E-state index in [4.69, 9.17) is 4.74 Å². The first kappa shape index (κ1) is 27.9. The highest BCUT2D eigenvalue weighted by Crippen LogP contribution is 2.67. The second-order valence-electron chi connectivity index (χ2n) is 13.8. The highest BCUT2D eigenvalue weighted by Gasteiger charge is 2.65. The number of carbonyl (C=O) groups excluding carboxylic acids is 1. The summed E-state index contributed by atoms with van der Waals surface area (Å²) in [5.74, 6) is 1.30. The van der Waals surface area contributed by atoms with Gasteiger partial charge in [0, 0.05) is 6.42 Å². The minimum absolute atomic E-state index is 0.0953. The van der Waals surface area contributed by atoms with Crippen molar-refractivity contribution in [3.05, 3.63) is 42.7 Å². The van der Waals surface area contributed by atoms with Gasteiger partial charge in [-0.2, -0.15) is 0 Å². The summed E-state index contributed by atoms with van der Waals surface area (Å²) in [5.41, 5.74) is 1.61. The number of hydrogen-bond acceptors (Lipinski definition) is 6. The van der Waals surface area contributed by atoms with Crippen molar-refractivity contribution in [2.75, 3.05) is 6.61 Å². The van der Waals surface area contributed by atoms with E-state index in [9.17, 15) is 20.1 Å². The smallest absolute Gasteiger partial charge is 0.305 e. The van der Waals surface area contributed by atoms with Crippen LogP contribution in [0.1, 0.15) is 65.7 Å². The van der Waals surface area contributed by atoms with E-state index in [1.807, 2.05) is 34.9 Å². The molecule has 11 atom stereocenters. The quantitative estimate of drug-likeness (QED) is 0.340. The molecule has 218 valence electrons. The number of aliphatic hydroxyl groups is 3. The fraction of sp³-hybridized carbons (Fsp3) is 0.697. The van der Waals surface area contributed by atoms with Gasteiger partial charge in [-0.25, -0.2) is 4.98 Å². The van der Waals surface area contributed by atoms with Gasteiger partial charge < -0.3 is 24.6 Å². The van der Waals surface area contributed by atoms with Crippen LogP contribution in [0.2, 0.25) is 0 Å². The number of fused-ring (bicyclic) bond motifs is 6. The predicted molar refractivity (Wildman–Crippen MR) is 153 cm³/mol. The Kier molecular flexibility index (Phi) is 7.37. The average molecular weight is 551 g/mol. The van der Waals surface area contributed by atoms with Crippen LogP contribution < -0.4 is 0 Å². The minimum atomic E-state index is -0.436. The van der Waals surface area contributed by atoms with Gasteiger partial charge in [0.25, 0.3) is 0 Å². The summed E-state index contributed by atoms with van der Waals surface area (Å²) in [5, 5.41) is 33.4. The second kappa shape index (κ2) is 10.6. The molecule has 4 aliphatic carbocycles. The summed E-state index contributed by atoms with van der Waals surface area (Å²) in [6, 6.07) is 7.94. The van der Waals surface area contributed by atoms with Crippen molar-refractivity contribution < 1.29 is 24.9 Å². The Morgan fingerprint density at radius 3 is 2.75 bits per heavy atom. The first-order valence-corrected chi connectivity index (χ1v) is 15.4. The largest absolute Gasteiger partial charge is 0.464 e. The van der Waals surface area contributed by atoms with Gasteiger partial charge in [0.2, 0.25) is 0 Å². The maximum Gasteiger partial charge on any atom is 0.305 e. The lowest BCUT2D eigenvalue weighted by Gasteiger charge is -2.62. The fourth-order valence-electron chi connectivity index (χ4n) is 9.76. The van der Waals surface area contributed by atoms with Crippen LogP contribution in [0.3, 0.4) is 0 Å². The molecule has 1 heterocycles. The maximum absolute atomic E-state index is 12.7. The number of rotatable bonds is 7. The number of nitrogens with zero attached hydrogens (tertiary/aromatic N) is 2. The molecule has 7 heteroatoms. The number of ether oxygens (including phenoxy) is 1. The molecule has 0 aliphatic heterocycles. The second-order valence-corrected chi connectivity index (χ2v) is 13.8. The summed E-state index contributed by atoms with van der Waals surface area (Å²) >= 11 is 0. The van der Waals surface area contributed by atoms with E-state index in [1.54, 1.807) is 6.33 Å². The monoisotopic (exact) mass is 550 g/mol. The molecule has 0 bridgehead atoms. The summed E-state index contributed by atoms with van der Waals surface area (Å²) in [6.45, 7) is 7.66. The minimum Gasteiger partial charge on any atom is -0.464 e. The number of benzene rings is 1. The van der Waals surface area contributed by atoms with E-state index in [0.717, 1.165) is 36.7 Å². The number of aliphatic hydroxyl groups excluding tert-OH is 3. The van der Waals surface area contributed by atoms with Gasteiger partial charge in [0.15, 0.2) is 0 Å². The summed E-state index contributed by atoms with van der Waals surface area (Å²) in [4.78, 5) is 17.0. The Bertz CT molecular complexity index is 1260. The van der Waals surface area contributed by atoms with Gasteiger partial charge in [-0.3, -0.25) is 4.79 Å². The van der Waals surface area contributed by atoms with Crippen molar-refractivity contribution in [1.82, 2.24) is 9.55 Å². The van der Waals surface area contributed by atoms with Crippen molar-refractivity contribution in [3.63, 3.8) is 0 Å². The molecule has 3 fully saturated rings. The predicted octanol–water partition coefficient (Wildman–Crippen LogP) is 4.73. The SMILES string of the molecule is CC(CCC(=O)OCCn1cnc2ccccc21)C1CCC2C3C(O)CC4CC(O)C=CC4(C)C3CC(O)C12C. The zero-order chi connectivity index (χ0) is 28.2. The molecule has 3 saturated carbocycles. The number of imidazole rings is 1. The van der Waals surface area contributed by atoms with Crippen LogP contribution in [-0.4, -0.2) is 55.8 Å². The van der Waals surface area contributed by atoms with Crippen molar-refractivity contribution in [3.8, 4) is 0 Å². The van der Waals surface area contributed by atoms with E-state index < -0.39 is 18.3 Å². The van der Waals surface area contributed by atoms with Crippen molar-refractivity contribution in [1.29, 1.82) is 0 Å². The highest BCUT2D eigenvalue weighted by atomic mass is 16.5. The Labute approximate surface area is 237 Å². The molecule has 3 N–H and O–H groups in total. The normalized spacial score (nSPS) is 41.2. The summed E-state index contributed by atoms with van der Waals surface area (Å²) < 4.78 is 7.60. The Morgan fingerprint density at radius 1 is 1.12 bits per heavy atom. The van der Waals surface area contributed by atoms with Crippen molar-refractivity contribution in [2.24, 2.45) is 46.3 Å². The molecular weight excluding hydrogens is 504 g/mol. The van der Waals surface area contributed by atoms with Crippen LogP contribution in [0.15, 0.2) is 42.7 Å². The third-order valence-corrected chi connectivity index (χ3v) is 12.0. The highest BCUT2D eigenvalue weighted by molar-refractivity contribution is 5.75. The van der Waals surface area contributed by atoms with Crippen LogP contribution in [0.25, 0.3) is 11.0 Å². The zero-order valence-corrected chi connectivity index (χ0v) is 24.2. The third-order valence-electron chi connectivity index (χ3n) is 12.0. The van der Waals surface area contributed by atoms with Gasteiger partial charge in [0.1, 0.15) is 6.61 Å². The molecule has 40 heavy (non-hydrogen) atoms. The van der Waals surface area contributed by atoms with E-state index in [1.165, 1.54) is 0 Å². The van der Waals surface area contributed by atoms with E-state index in [-0.39, 0.29) is 46.4 Å². The first-order chi connectivity index (χ1) is 19.1. The van der Waals surface area contributed by atoms with E-state index in [2.05, 4.69) is 31.8 Å². The van der Waals surface area contributed by atoms with Gasteiger partial charge in [-0.15, -0.1) is 0 Å². The Balaban J connectivity index is 1.07. The van der Waals surface area contributed by atoms with E-state index >= 15 is 0 Å². The van der Waals surface area contributed by atoms with Crippen LogP contribution in [0.5, 0.6) is 0 Å². The van der Waals surface area contributed by atoms with E-state index in [0.29, 0.717) is 38.3 Å². The molecule has 2 aromatic rings. The first-order valence-electron chi connectivity index (χ1n) is 15.4. The van der Waals surface area contributed by atoms with Crippen LogP contribution in [-0.2, 0) is 16.1 Å². The molecule has 7 nitrogen and oxygen atoms in total.